The monoisotopic (exact) mass is 301 g/mol. The van der Waals surface area contributed by atoms with Crippen molar-refractivity contribution in [1.29, 1.82) is 0 Å². The standard InChI is InChI=1S/C17H19NO2S/c1-12(2)21-16-11-7-4-8-13(16)17(19)18-14-9-5-6-10-15(14)20-3/h4-12H,1-3H3,(H,18,19). The number of carbonyl (C=O) groups excluding carboxylic acids is 1. The summed E-state index contributed by atoms with van der Waals surface area (Å²) in [7, 11) is 1.59. The van der Waals surface area contributed by atoms with Gasteiger partial charge in [0.05, 0.1) is 18.4 Å². The average Bonchev–Trinajstić information content (AvgIpc) is 2.47. The number of anilines is 1. The molecule has 0 aromatic heterocycles. The molecule has 1 amide bonds. The van der Waals surface area contributed by atoms with Gasteiger partial charge in [-0.05, 0) is 24.3 Å². The van der Waals surface area contributed by atoms with Crippen LogP contribution >= 0.6 is 11.8 Å². The summed E-state index contributed by atoms with van der Waals surface area (Å²) in [5, 5.41) is 3.34. The zero-order valence-electron chi connectivity index (χ0n) is 12.4. The second-order valence-electron chi connectivity index (χ2n) is 4.82. The van der Waals surface area contributed by atoms with Crippen LogP contribution in [-0.4, -0.2) is 18.3 Å². The predicted octanol–water partition coefficient (Wildman–Crippen LogP) is 4.45. The number of hydrogen-bond donors (Lipinski definition) is 1. The second kappa shape index (κ2) is 7.18. The summed E-state index contributed by atoms with van der Waals surface area (Å²) in [5.41, 5.74) is 1.36. The maximum absolute atomic E-state index is 12.5. The van der Waals surface area contributed by atoms with Crippen molar-refractivity contribution < 1.29 is 9.53 Å². The Labute approximate surface area is 129 Å². The molecule has 0 unspecified atom stereocenters. The Kier molecular flexibility index (Phi) is 5.28. The fourth-order valence-corrected chi connectivity index (χ4v) is 2.90. The number of hydrogen-bond acceptors (Lipinski definition) is 3. The number of thioether (sulfide) groups is 1. The third-order valence-corrected chi connectivity index (χ3v) is 3.93. The summed E-state index contributed by atoms with van der Waals surface area (Å²) >= 11 is 1.68. The number of rotatable bonds is 5. The van der Waals surface area contributed by atoms with E-state index < -0.39 is 0 Å². The van der Waals surface area contributed by atoms with Crippen molar-refractivity contribution in [3.05, 3.63) is 54.1 Å². The van der Waals surface area contributed by atoms with Gasteiger partial charge in [0.1, 0.15) is 5.75 Å². The van der Waals surface area contributed by atoms with Gasteiger partial charge in [0.2, 0.25) is 0 Å². The molecule has 0 radical (unpaired) electrons. The Morgan fingerprint density at radius 1 is 1.10 bits per heavy atom. The van der Waals surface area contributed by atoms with Crippen LogP contribution in [0, 0.1) is 0 Å². The Hall–Kier alpha value is -1.94. The molecule has 2 aromatic rings. The molecule has 0 saturated heterocycles. The number of nitrogens with one attached hydrogen (secondary N) is 1. The molecular formula is C17H19NO2S. The van der Waals surface area contributed by atoms with Gasteiger partial charge < -0.3 is 10.1 Å². The average molecular weight is 301 g/mol. The van der Waals surface area contributed by atoms with Gasteiger partial charge in [-0.2, -0.15) is 0 Å². The first kappa shape index (κ1) is 15.4. The van der Waals surface area contributed by atoms with Crippen molar-refractivity contribution in [3.8, 4) is 5.75 Å². The Morgan fingerprint density at radius 2 is 1.76 bits per heavy atom. The molecular weight excluding hydrogens is 282 g/mol. The minimum Gasteiger partial charge on any atom is -0.495 e. The molecule has 2 aromatic carbocycles. The van der Waals surface area contributed by atoms with Crippen molar-refractivity contribution in [1.82, 2.24) is 0 Å². The van der Waals surface area contributed by atoms with Crippen LogP contribution in [0.5, 0.6) is 5.75 Å². The Morgan fingerprint density at radius 3 is 2.48 bits per heavy atom. The number of para-hydroxylation sites is 2. The topological polar surface area (TPSA) is 38.3 Å². The zero-order valence-corrected chi connectivity index (χ0v) is 13.2. The quantitative estimate of drug-likeness (QED) is 0.829. The number of ether oxygens (including phenoxy) is 1. The van der Waals surface area contributed by atoms with Gasteiger partial charge in [0.15, 0.2) is 0 Å². The highest BCUT2D eigenvalue weighted by Gasteiger charge is 2.14. The number of carbonyl (C=O) groups is 1. The van der Waals surface area contributed by atoms with E-state index in [-0.39, 0.29) is 5.91 Å². The lowest BCUT2D eigenvalue weighted by Crippen LogP contribution is -2.14. The van der Waals surface area contributed by atoms with E-state index in [0.717, 1.165) is 4.90 Å². The van der Waals surface area contributed by atoms with Crippen LogP contribution < -0.4 is 10.1 Å². The lowest BCUT2D eigenvalue weighted by atomic mass is 10.2. The van der Waals surface area contributed by atoms with Crippen LogP contribution in [0.25, 0.3) is 0 Å². The van der Waals surface area contributed by atoms with E-state index in [1.807, 2.05) is 48.5 Å². The molecule has 0 aliphatic rings. The smallest absolute Gasteiger partial charge is 0.256 e. The molecule has 0 aliphatic heterocycles. The van der Waals surface area contributed by atoms with Crippen molar-refractivity contribution in [2.24, 2.45) is 0 Å². The highest BCUT2D eigenvalue weighted by atomic mass is 32.2. The van der Waals surface area contributed by atoms with E-state index in [2.05, 4.69) is 19.2 Å². The third-order valence-electron chi connectivity index (χ3n) is 2.85. The molecule has 0 heterocycles. The summed E-state index contributed by atoms with van der Waals surface area (Å²) in [4.78, 5) is 13.5. The SMILES string of the molecule is COc1ccccc1NC(=O)c1ccccc1SC(C)C. The second-order valence-corrected chi connectivity index (χ2v) is 6.44. The highest BCUT2D eigenvalue weighted by Crippen LogP contribution is 2.28. The molecule has 0 atom stereocenters. The minimum atomic E-state index is -0.122. The van der Waals surface area contributed by atoms with Crippen LogP contribution in [0.3, 0.4) is 0 Å². The maximum atomic E-state index is 12.5. The van der Waals surface area contributed by atoms with Crippen molar-refractivity contribution in [3.63, 3.8) is 0 Å². The molecule has 3 nitrogen and oxygen atoms in total. The molecule has 0 saturated carbocycles. The van der Waals surface area contributed by atoms with Crippen molar-refractivity contribution in [2.75, 3.05) is 12.4 Å². The van der Waals surface area contributed by atoms with Gasteiger partial charge in [0.25, 0.3) is 5.91 Å². The first-order chi connectivity index (χ1) is 10.1. The summed E-state index contributed by atoms with van der Waals surface area (Å²) in [6.45, 7) is 4.22. The molecule has 0 aliphatic carbocycles. The summed E-state index contributed by atoms with van der Waals surface area (Å²) in [6, 6.07) is 15.0. The summed E-state index contributed by atoms with van der Waals surface area (Å²) in [6.07, 6.45) is 0. The zero-order chi connectivity index (χ0) is 15.2. The minimum absolute atomic E-state index is 0.122. The van der Waals surface area contributed by atoms with Gasteiger partial charge in [0, 0.05) is 10.1 Å². The lowest BCUT2D eigenvalue weighted by molar-refractivity contribution is 0.102. The molecule has 1 N–H and O–H groups in total. The molecule has 21 heavy (non-hydrogen) atoms. The van der Waals surface area contributed by atoms with E-state index in [1.54, 1.807) is 18.9 Å². The first-order valence-corrected chi connectivity index (χ1v) is 7.70. The molecule has 0 spiro atoms. The molecule has 110 valence electrons. The maximum Gasteiger partial charge on any atom is 0.256 e. The molecule has 4 heteroatoms. The predicted molar refractivity (Wildman–Crippen MR) is 88.4 cm³/mol. The third kappa shape index (κ3) is 4.02. The van der Waals surface area contributed by atoms with Crippen LogP contribution in [0.15, 0.2) is 53.4 Å². The van der Waals surface area contributed by atoms with Crippen LogP contribution in [0.2, 0.25) is 0 Å². The first-order valence-electron chi connectivity index (χ1n) is 6.82. The van der Waals surface area contributed by atoms with Crippen LogP contribution in [0.1, 0.15) is 24.2 Å². The molecule has 0 fully saturated rings. The van der Waals surface area contributed by atoms with Gasteiger partial charge >= 0.3 is 0 Å². The van der Waals surface area contributed by atoms with E-state index in [0.29, 0.717) is 22.3 Å². The fourth-order valence-electron chi connectivity index (χ4n) is 1.95. The van der Waals surface area contributed by atoms with Gasteiger partial charge in [-0.15, -0.1) is 11.8 Å². The number of amides is 1. The summed E-state index contributed by atoms with van der Waals surface area (Å²) < 4.78 is 5.26. The number of methoxy groups -OCH3 is 1. The van der Waals surface area contributed by atoms with Gasteiger partial charge in [-0.25, -0.2) is 0 Å². The fraction of sp³-hybridized carbons (Fsp3) is 0.235. The van der Waals surface area contributed by atoms with E-state index in [9.17, 15) is 4.79 Å². The van der Waals surface area contributed by atoms with E-state index in [4.69, 9.17) is 4.74 Å². The normalized spacial score (nSPS) is 10.5. The van der Waals surface area contributed by atoms with Crippen LogP contribution in [-0.2, 0) is 0 Å². The van der Waals surface area contributed by atoms with Crippen molar-refractivity contribution in [2.45, 2.75) is 24.0 Å². The summed E-state index contributed by atoms with van der Waals surface area (Å²) in [5.74, 6) is 0.531. The van der Waals surface area contributed by atoms with E-state index in [1.165, 1.54) is 0 Å². The largest absolute Gasteiger partial charge is 0.495 e. The van der Waals surface area contributed by atoms with E-state index >= 15 is 0 Å². The Balaban J connectivity index is 2.24. The van der Waals surface area contributed by atoms with Gasteiger partial charge in [-0.3, -0.25) is 4.79 Å². The Bertz CT molecular complexity index is 626. The number of benzene rings is 2. The van der Waals surface area contributed by atoms with Crippen LogP contribution in [0.4, 0.5) is 5.69 Å². The van der Waals surface area contributed by atoms with Crippen molar-refractivity contribution >= 4 is 23.4 Å². The highest BCUT2D eigenvalue weighted by molar-refractivity contribution is 8.00. The van der Waals surface area contributed by atoms with Gasteiger partial charge in [-0.1, -0.05) is 38.1 Å². The molecule has 0 bridgehead atoms. The molecule has 2 rings (SSSR count). The lowest BCUT2D eigenvalue weighted by Gasteiger charge is -2.13.